The van der Waals surface area contributed by atoms with Crippen LogP contribution in [0.4, 0.5) is 10.8 Å². The van der Waals surface area contributed by atoms with Gasteiger partial charge in [-0.1, -0.05) is 11.3 Å². The Kier molecular flexibility index (Phi) is 5.19. The molecule has 0 saturated heterocycles. The van der Waals surface area contributed by atoms with Crippen molar-refractivity contribution in [1.29, 1.82) is 0 Å². The SMILES string of the molecule is COc1ccc(-c2sc(N)nc2C)cc1S(=O)(=O)Nc1cccnc1OC. The van der Waals surface area contributed by atoms with Crippen molar-refractivity contribution in [2.45, 2.75) is 11.8 Å². The maximum Gasteiger partial charge on any atom is 0.265 e. The lowest BCUT2D eigenvalue weighted by Gasteiger charge is -2.14. The molecule has 142 valence electrons. The van der Waals surface area contributed by atoms with Gasteiger partial charge in [0.2, 0.25) is 5.88 Å². The van der Waals surface area contributed by atoms with Crippen LogP contribution in [0.15, 0.2) is 41.4 Å². The number of thiazole rings is 1. The van der Waals surface area contributed by atoms with Crippen LogP contribution >= 0.6 is 11.3 Å². The zero-order valence-corrected chi connectivity index (χ0v) is 16.5. The molecule has 0 spiro atoms. The van der Waals surface area contributed by atoms with E-state index >= 15 is 0 Å². The maximum absolute atomic E-state index is 13.0. The molecule has 0 atom stereocenters. The molecule has 0 fully saturated rings. The van der Waals surface area contributed by atoms with E-state index < -0.39 is 10.0 Å². The first-order chi connectivity index (χ1) is 12.9. The standard InChI is InChI=1S/C17H18N4O4S2/c1-10-15(26-17(18)20-10)11-6-7-13(24-2)14(9-11)27(22,23)21-12-5-4-8-19-16(12)25-3/h4-9,21H,1-3H3,(H2,18,20). The van der Waals surface area contributed by atoms with Gasteiger partial charge >= 0.3 is 0 Å². The summed E-state index contributed by atoms with van der Waals surface area (Å²) in [6.45, 7) is 1.82. The molecule has 0 unspecified atom stereocenters. The Morgan fingerprint density at radius 1 is 1.19 bits per heavy atom. The lowest BCUT2D eigenvalue weighted by molar-refractivity contribution is 0.399. The minimum atomic E-state index is -3.97. The van der Waals surface area contributed by atoms with Gasteiger partial charge in [0, 0.05) is 6.20 Å². The van der Waals surface area contributed by atoms with Crippen LogP contribution in [0, 0.1) is 6.92 Å². The van der Waals surface area contributed by atoms with Crippen LogP contribution in [0.3, 0.4) is 0 Å². The van der Waals surface area contributed by atoms with Crippen molar-refractivity contribution in [2.24, 2.45) is 0 Å². The van der Waals surface area contributed by atoms with Crippen LogP contribution in [-0.4, -0.2) is 32.6 Å². The van der Waals surface area contributed by atoms with Gasteiger partial charge in [0.05, 0.1) is 24.8 Å². The van der Waals surface area contributed by atoms with E-state index in [2.05, 4.69) is 14.7 Å². The molecule has 0 aliphatic carbocycles. The molecular formula is C17H18N4O4S2. The summed E-state index contributed by atoms with van der Waals surface area (Å²) >= 11 is 1.29. The molecular weight excluding hydrogens is 388 g/mol. The van der Waals surface area contributed by atoms with E-state index in [1.54, 1.807) is 24.3 Å². The van der Waals surface area contributed by atoms with Gasteiger partial charge < -0.3 is 15.2 Å². The van der Waals surface area contributed by atoms with Gasteiger partial charge in [-0.2, -0.15) is 0 Å². The molecule has 0 radical (unpaired) electrons. The zero-order valence-electron chi connectivity index (χ0n) is 14.9. The Morgan fingerprint density at radius 2 is 1.96 bits per heavy atom. The van der Waals surface area contributed by atoms with E-state index in [1.165, 1.54) is 37.8 Å². The van der Waals surface area contributed by atoms with E-state index in [0.29, 0.717) is 10.7 Å². The Hall–Kier alpha value is -2.85. The summed E-state index contributed by atoms with van der Waals surface area (Å²) in [6.07, 6.45) is 1.51. The fourth-order valence-electron chi connectivity index (χ4n) is 2.54. The predicted octanol–water partition coefficient (Wildman–Crippen LogP) is 2.91. The maximum atomic E-state index is 13.0. The molecule has 0 aliphatic heterocycles. The second-order valence-electron chi connectivity index (χ2n) is 5.50. The molecule has 2 aromatic heterocycles. The summed E-state index contributed by atoms with van der Waals surface area (Å²) in [5.41, 5.74) is 7.40. The molecule has 0 bridgehead atoms. The lowest BCUT2D eigenvalue weighted by atomic mass is 10.1. The smallest absolute Gasteiger partial charge is 0.265 e. The van der Waals surface area contributed by atoms with Gasteiger partial charge in [0.25, 0.3) is 10.0 Å². The van der Waals surface area contributed by atoms with Crippen LogP contribution < -0.4 is 19.9 Å². The van der Waals surface area contributed by atoms with Gasteiger partial charge in [0.15, 0.2) is 5.13 Å². The molecule has 8 nitrogen and oxygen atoms in total. The minimum Gasteiger partial charge on any atom is -0.495 e. The average Bonchev–Trinajstić information content (AvgIpc) is 2.99. The molecule has 3 N–H and O–H groups in total. The molecule has 0 saturated carbocycles. The highest BCUT2D eigenvalue weighted by Gasteiger charge is 2.23. The highest BCUT2D eigenvalue weighted by atomic mass is 32.2. The van der Waals surface area contributed by atoms with Crippen molar-refractivity contribution in [2.75, 3.05) is 24.7 Å². The number of benzene rings is 1. The number of methoxy groups -OCH3 is 2. The van der Waals surface area contributed by atoms with Gasteiger partial charge in [-0.15, -0.1) is 0 Å². The molecule has 1 aromatic carbocycles. The number of hydrogen-bond donors (Lipinski definition) is 2. The third-order valence-corrected chi connectivity index (χ3v) is 6.16. The normalized spacial score (nSPS) is 11.2. The number of nitrogens with zero attached hydrogens (tertiary/aromatic N) is 2. The van der Waals surface area contributed by atoms with Crippen LogP contribution in [0.1, 0.15) is 5.69 Å². The Balaban J connectivity index is 2.08. The van der Waals surface area contributed by atoms with Crippen molar-refractivity contribution >= 4 is 32.2 Å². The first kappa shape index (κ1) is 18.9. The summed E-state index contributed by atoms with van der Waals surface area (Å²) in [5, 5.41) is 0.418. The Morgan fingerprint density at radius 3 is 2.59 bits per heavy atom. The number of nitrogens with two attached hydrogens (primary N) is 1. The highest BCUT2D eigenvalue weighted by molar-refractivity contribution is 7.92. The number of nitrogens with one attached hydrogen (secondary N) is 1. The number of hydrogen-bond acceptors (Lipinski definition) is 8. The molecule has 2 heterocycles. The van der Waals surface area contributed by atoms with Gasteiger partial charge in [-0.25, -0.2) is 18.4 Å². The van der Waals surface area contributed by atoms with Gasteiger partial charge in [-0.05, 0) is 42.8 Å². The molecule has 0 aliphatic rings. The van der Waals surface area contributed by atoms with Crippen molar-refractivity contribution in [3.05, 3.63) is 42.2 Å². The first-order valence-corrected chi connectivity index (χ1v) is 10.1. The van der Waals surface area contributed by atoms with Crippen molar-refractivity contribution in [3.8, 4) is 22.1 Å². The number of ether oxygens (including phenoxy) is 2. The number of nitrogen functional groups attached to an aromatic ring is 1. The molecule has 3 aromatic rings. The van der Waals surface area contributed by atoms with Crippen LogP contribution in [0.25, 0.3) is 10.4 Å². The number of rotatable bonds is 6. The highest BCUT2D eigenvalue weighted by Crippen LogP contribution is 2.36. The van der Waals surface area contributed by atoms with Crippen LogP contribution in [-0.2, 0) is 10.0 Å². The number of sulfonamides is 1. The first-order valence-electron chi connectivity index (χ1n) is 7.79. The van der Waals surface area contributed by atoms with Gasteiger partial charge in [0.1, 0.15) is 16.3 Å². The van der Waals surface area contributed by atoms with Gasteiger partial charge in [-0.3, -0.25) is 4.72 Å². The summed E-state index contributed by atoms with van der Waals surface area (Å²) in [6, 6.07) is 8.07. The second-order valence-corrected chi connectivity index (χ2v) is 8.18. The van der Waals surface area contributed by atoms with E-state index in [1.807, 2.05) is 6.92 Å². The van der Waals surface area contributed by atoms with Crippen LogP contribution in [0.2, 0.25) is 0 Å². The zero-order chi connectivity index (χ0) is 19.6. The monoisotopic (exact) mass is 406 g/mol. The molecule has 0 amide bonds. The third kappa shape index (κ3) is 3.81. The summed E-state index contributed by atoms with van der Waals surface area (Å²) in [7, 11) is -1.14. The largest absolute Gasteiger partial charge is 0.495 e. The van der Waals surface area contributed by atoms with Crippen molar-refractivity contribution in [3.63, 3.8) is 0 Å². The minimum absolute atomic E-state index is 0.0141. The summed E-state index contributed by atoms with van der Waals surface area (Å²) in [4.78, 5) is 8.97. The van der Waals surface area contributed by atoms with Crippen molar-refractivity contribution < 1.29 is 17.9 Å². The Bertz CT molecular complexity index is 1080. The quantitative estimate of drug-likeness (QED) is 0.646. The van der Waals surface area contributed by atoms with Crippen LogP contribution in [0.5, 0.6) is 11.6 Å². The summed E-state index contributed by atoms with van der Waals surface area (Å²) in [5.74, 6) is 0.381. The molecule has 3 rings (SSSR count). The van der Waals surface area contributed by atoms with E-state index in [-0.39, 0.29) is 22.2 Å². The lowest BCUT2D eigenvalue weighted by Crippen LogP contribution is -2.15. The van der Waals surface area contributed by atoms with E-state index in [0.717, 1.165) is 10.6 Å². The molecule has 27 heavy (non-hydrogen) atoms. The summed E-state index contributed by atoms with van der Waals surface area (Å²) < 4.78 is 38.9. The fourth-order valence-corrected chi connectivity index (χ4v) is 4.63. The average molecular weight is 406 g/mol. The second kappa shape index (κ2) is 7.41. The van der Waals surface area contributed by atoms with Crippen molar-refractivity contribution in [1.82, 2.24) is 9.97 Å². The number of anilines is 2. The topological polar surface area (TPSA) is 116 Å². The van der Waals surface area contributed by atoms with E-state index in [4.69, 9.17) is 15.2 Å². The molecule has 10 heteroatoms. The fraction of sp³-hybridized carbons (Fsp3) is 0.176. The number of aromatic nitrogens is 2. The third-order valence-electron chi connectivity index (χ3n) is 3.74. The number of aryl methyl sites for hydroxylation is 1. The Labute approximate surface area is 161 Å². The predicted molar refractivity (Wildman–Crippen MR) is 105 cm³/mol. The number of pyridine rings is 1. The van der Waals surface area contributed by atoms with E-state index in [9.17, 15) is 8.42 Å².